The second-order valence-corrected chi connectivity index (χ2v) is 6.16. The summed E-state index contributed by atoms with van der Waals surface area (Å²) < 4.78 is 0. The maximum Gasteiger partial charge on any atom is 0.120 e. The molecule has 3 nitrogen and oxygen atoms in total. The third-order valence-corrected chi connectivity index (χ3v) is 4.51. The number of benzene rings is 1. The van der Waals surface area contributed by atoms with Crippen molar-refractivity contribution in [3.63, 3.8) is 0 Å². The number of aromatic hydroxyl groups is 1. The summed E-state index contributed by atoms with van der Waals surface area (Å²) in [5.41, 5.74) is 2.18. The molecular formula is C17H28N2O. The van der Waals surface area contributed by atoms with Crippen LogP contribution in [0.15, 0.2) is 18.2 Å². The topological polar surface area (TPSA) is 35.5 Å². The van der Waals surface area contributed by atoms with E-state index in [1.165, 1.54) is 31.2 Å². The van der Waals surface area contributed by atoms with Gasteiger partial charge in [-0.2, -0.15) is 0 Å². The molecule has 112 valence electrons. The van der Waals surface area contributed by atoms with E-state index in [4.69, 9.17) is 0 Å². The fraction of sp³-hybridized carbons (Fsp3) is 0.647. The van der Waals surface area contributed by atoms with Crippen LogP contribution in [-0.4, -0.2) is 36.2 Å². The van der Waals surface area contributed by atoms with Gasteiger partial charge in [-0.05, 0) is 39.8 Å². The highest BCUT2D eigenvalue weighted by molar-refractivity contribution is 5.37. The van der Waals surface area contributed by atoms with Gasteiger partial charge in [-0.25, -0.2) is 0 Å². The molecule has 0 bridgehead atoms. The molecule has 0 saturated heterocycles. The number of aryl methyl sites for hydroxylation is 1. The number of phenols is 1. The smallest absolute Gasteiger partial charge is 0.120 e. The van der Waals surface area contributed by atoms with Gasteiger partial charge < -0.3 is 15.3 Å². The molecule has 20 heavy (non-hydrogen) atoms. The Morgan fingerprint density at radius 1 is 1.35 bits per heavy atom. The zero-order valence-corrected chi connectivity index (χ0v) is 13.0. The second kappa shape index (κ2) is 7.09. The minimum atomic E-state index is 0.187. The van der Waals surface area contributed by atoms with Crippen LogP contribution in [0.4, 0.5) is 0 Å². The van der Waals surface area contributed by atoms with Gasteiger partial charge in [-0.1, -0.05) is 30.5 Å². The fourth-order valence-electron chi connectivity index (χ4n) is 3.12. The van der Waals surface area contributed by atoms with Crippen molar-refractivity contribution in [1.29, 1.82) is 0 Å². The van der Waals surface area contributed by atoms with Gasteiger partial charge in [0.25, 0.3) is 0 Å². The van der Waals surface area contributed by atoms with Crippen molar-refractivity contribution in [3.8, 4) is 5.75 Å². The minimum absolute atomic E-state index is 0.187. The van der Waals surface area contributed by atoms with E-state index in [9.17, 15) is 5.11 Å². The van der Waals surface area contributed by atoms with Crippen molar-refractivity contribution in [1.82, 2.24) is 10.2 Å². The molecule has 1 unspecified atom stereocenters. The molecule has 0 spiro atoms. The Morgan fingerprint density at radius 2 is 2.05 bits per heavy atom. The summed E-state index contributed by atoms with van der Waals surface area (Å²) in [5.74, 6) is 0.389. The first-order valence-electron chi connectivity index (χ1n) is 7.81. The third kappa shape index (κ3) is 3.97. The van der Waals surface area contributed by atoms with Gasteiger partial charge in [-0.3, -0.25) is 0 Å². The lowest BCUT2D eigenvalue weighted by molar-refractivity contribution is 0.242. The van der Waals surface area contributed by atoms with E-state index in [-0.39, 0.29) is 6.04 Å². The number of rotatable bonds is 6. The van der Waals surface area contributed by atoms with E-state index in [2.05, 4.69) is 37.2 Å². The van der Waals surface area contributed by atoms with Crippen LogP contribution in [0.1, 0.15) is 49.8 Å². The van der Waals surface area contributed by atoms with Crippen molar-refractivity contribution < 1.29 is 5.11 Å². The highest BCUT2D eigenvalue weighted by atomic mass is 16.3. The quantitative estimate of drug-likeness (QED) is 0.837. The predicted molar refractivity (Wildman–Crippen MR) is 84.1 cm³/mol. The predicted octanol–water partition coefficient (Wildman–Crippen LogP) is 3.23. The van der Waals surface area contributed by atoms with Crippen molar-refractivity contribution in [2.24, 2.45) is 0 Å². The summed E-state index contributed by atoms with van der Waals surface area (Å²) >= 11 is 0. The molecule has 1 aromatic carbocycles. The van der Waals surface area contributed by atoms with Gasteiger partial charge in [0.05, 0.1) is 0 Å². The summed E-state index contributed by atoms with van der Waals surface area (Å²) in [5, 5.41) is 13.5. The largest absolute Gasteiger partial charge is 0.508 e. The molecule has 3 heteroatoms. The van der Waals surface area contributed by atoms with E-state index in [1.54, 1.807) is 6.07 Å². The molecular weight excluding hydrogens is 248 g/mol. The molecule has 1 aromatic rings. The van der Waals surface area contributed by atoms with Crippen LogP contribution < -0.4 is 5.32 Å². The molecule has 1 atom stereocenters. The molecule has 2 rings (SSSR count). The van der Waals surface area contributed by atoms with Crippen LogP contribution in [0, 0.1) is 6.92 Å². The van der Waals surface area contributed by atoms with Gasteiger partial charge in [0, 0.05) is 30.7 Å². The zero-order chi connectivity index (χ0) is 14.5. The summed E-state index contributed by atoms with van der Waals surface area (Å²) in [6.07, 6.45) is 5.47. The first-order valence-corrected chi connectivity index (χ1v) is 7.81. The Balaban J connectivity index is 1.79. The molecule has 1 fully saturated rings. The average molecular weight is 276 g/mol. The van der Waals surface area contributed by atoms with Crippen molar-refractivity contribution in [3.05, 3.63) is 29.3 Å². The third-order valence-electron chi connectivity index (χ3n) is 4.51. The number of likely N-dealkylation sites (N-methyl/N-ethyl adjacent to an activating group) is 1. The molecule has 1 aliphatic rings. The molecule has 0 aromatic heterocycles. The SMILES string of the molecule is Cc1ccc(O)c(C(C)NCCN(C)C2CCCC2)c1. The lowest BCUT2D eigenvalue weighted by Crippen LogP contribution is -2.36. The molecule has 1 saturated carbocycles. The minimum Gasteiger partial charge on any atom is -0.508 e. The lowest BCUT2D eigenvalue weighted by atomic mass is 10.0. The second-order valence-electron chi connectivity index (χ2n) is 6.16. The van der Waals surface area contributed by atoms with Gasteiger partial charge in [0.1, 0.15) is 5.75 Å². The van der Waals surface area contributed by atoms with E-state index < -0.39 is 0 Å². The normalized spacial score (nSPS) is 17.8. The molecule has 0 heterocycles. The summed E-state index contributed by atoms with van der Waals surface area (Å²) in [6, 6.07) is 6.76. The number of nitrogens with zero attached hydrogens (tertiary/aromatic N) is 1. The standard InChI is InChI=1S/C17H28N2O/c1-13-8-9-17(20)16(12-13)14(2)18-10-11-19(3)15-6-4-5-7-15/h8-9,12,14-15,18,20H,4-7,10-11H2,1-3H3. The van der Waals surface area contributed by atoms with Crippen LogP contribution in [-0.2, 0) is 0 Å². The zero-order valence-electron chi connectivity index (χ0n) is 13.0. The first kappa shape index (κ1) is 15.3. The highest BCUT2D eigenvalue weighted by Gasteiger charge is 2.19. The van der Waals surface area contributed by atoms with Crippen LogP contribution >= 0.6 is 0 Å². The van der Waals surface area contributed by atoms with Crippen molar-refractivity contribution in [2.75, 3.05) is 20.1 Å². The van der Waals surface area contributed by atoms with E-state index in [0.717, 1.165) is 24.7 Å². The molecule has 0 aliphatic heterocycles. The maximum atomic E-state index is 9.94. The van der Waals surface area contributed by atoms with Gasteiger partial charge in [-0.15, -0.1) is 0 Å². The Bertz CT molecular complexity index is 427. The summed E-state index contributed by atoms with van der Waals surface area (Å²) in [7, 11) is 2.23. The summed E-state index contributed by atoms with van der Waals surface area (Å²) in [4.78, 5) is 2.48. The molecule has 2 N–H and O–H groups in total. The summed E-state index contributed by atoms with van der Waals surface area (Å²) in [6.45, 7) is 6.21. The molecule has 0 radical (unpaired) electrons. The van der Waals surface area contributed by atoms with Crippen molar-refractivity contribution in [2.45, 2.75) is 51.6 Å². The fourth-order valence-corrected chi connectivity index (χ4v) is 3.12. The maximum absolute atomic E-state index is 9.94. The molecule has 0 amide bonds. The Morgan fingerprint density at radius 3 is 2.75 bits per heavy atom. The number of hydrogen-bond acceptors (Lipinski definition) is 3. The van der Waals surface area contributed by atoms with Gasteiger partial charge in [0.15, 0.2) is 0 Å². The lowest BCUT2D eigenvalue weighted by Gasteiger charge is -2.25. The number of nitrogens with one attached hydrogen (secondary N) is 1. The number of phenolic OH excluding ortho intramolecular Hbond substituents is 1. The van der Waals surface area contributed by atoms with Gasteiger partial charge in [0.2, 0.25) is 0 Å². The van der Waals surface area contributed by atoms with E-state index in [0.29, 0.717) is 5.75 Å². The van der Waals surface area contributed by atoms with Crippen LogP contribution in [0.5, 0.6) is 5.75 Å². The van der Waals surface area contributed by atoms with Crippen LogP contribution in [0.3, 0.4) is 0 Å². The first-order chi connectivity index (χ1) is 9.58. The van der Waals surface area contributed by atoms with E-state index in [1.807, 2.05) is 6.07 Å². The average Bonchev–Trinajstić information content (AvgIpc) is 2.95. The molecule has 1 aliphatic carbocycles. The van der Waals surface area contributed by atoms with Gasteiger partial charge >= 0.3 is 0 Å². The van der Waals surface area contributed by atoms with Crippen molar-refractivity contribution >= 4 is 0 Å². The number of hydrogen-bond donors (Lipinski definition) is 2. The van der Waals surface area contributed by atoms with E-state index >= 15 is 0 Å². The Labute approximate surface area is 123 Å². The monoisotopic (exact) mass is 276 g/mol. The highest BCUT2D eigenvalue weighted by Crippen LogP contribution is 2.25. The Kier molecular flexibility index (Phi) is 5.44. The van der Waals surface area contributed by atoms with Crippen LogP contribution in [0.25, 0.3) is 0 Å². The Hall–Kier alpha value is -1.06. The van der Waals surface area contributed by atoms with Crippen LogP contribution in [0.2, 0.25) is 0 Å².